The smallest absolute Gasteiger partial charge is 0.0702 e. The molecule has 1 unspecified atom stereocenters. The summed E-state index contributed by atoms with van der Waals surface area (Å²) in [6.45, 7) is 10.1. The summed E-state index contributed by atoms with van der Waals surface area (Å²) < 4.78 is 5.72. The van der Waals surface area contributed by atoms with E-state index in [9.17, 15) is 0 Å². The van der Waals surface area contributed by atoms with Gasteiger partial charge in [-0.05, 0) is 37.6 Å². The number of hydrogen-bond donors (Lipinski definition) is 1. The van der Waals surface area contributed by atoms with Crippen molar-refractivity contribution in [2.24, 2.45) is 0 Å². The first-order valence-electron chi connectivity index (χ1n) is 7.80. The Morgan fingerprint density at radius 2 is 2.30 bits per heavy atom. The van der Waals surface area contributed by atoms with Crippen molar-refractivity contribution in [1.82, 2.24) is 15.2 Å². The summed E-state index contributed by atoms with van der Waals surface area (Å²) in [7, 11) is 0. The normalized spacial score (nSPS) is 18.9. The van der Waals surface area contributed by atoms with Crippen LogP contribution in [0.1, 0.15) is 37.9 Å². The molecule has 1 atom stereocenters. The highest BCUT2D eigenvalue weighted by Gasteiger charge is 2.18. The van der Waals surface area contributed by atoms with Crippen molar-refractivity contribution in [1.29, 1.82) is 0 Å². The lowest BCUT2D eigenvalue weighted by Gasteiger charge is -2.23. The molecule has 1 aliphatic heterocycles. The lowest BCUT2D eigenvalue weighted by molar-refractivity contribution is 0.0721. The average molecular weight is 277 g/mol. The lowest BCUT2D eigenvalue weighted by Crippen LogP contribution is -2.31. The van der Waals surface area contributed by atoms with Gasteiger partial charge in [0.05, 0.1) is 11.8 Å². The minimum Gasteiger partial charge on any atom is -0.377 e. The molecule has 1 aliphatic rings. The largest absolute Gasteiger partial charge is 0.377 e. The van der Waals surface area contributed by atoms with E-state index in [4.69, 9.17) is 4.74 Å². The molecule has 0 spiro atoms. The predicted molar refractivity (Wildman–Crippen MR) is 81.5 cm³/mol. The van der Waals surface area contributed by atoms with Crippen LogP contribution in [0.2, 0.25) is 0 Å². The van der Waals surface area contributed by atoms with Crippen LogP contribution in [-0.4, -0.2) is 42.2 Å². The highest BCUT2D eigenvalue weighted by Crippen LogP contribution is 2.14. The van der Waals surface area contributed by atoms with Crippen LogP contribution in [0.3, 0.4) is 0 Å². The van der Waals surface area contributed by atoms with E-state index in [1.54, 1.807) is 0 Å². The van der Waals surface area contributed by atoms with Crippen LogP contribution < -0.4 is 5.32 Å². The molecule has 112 valence electrons. The first-order valence-corrected chi connectivity index (χ1v) is 7.80. The predicted octanol–water partition coefficient (Wildman–Crippen LogP) is 2.19. The Bertz CT molecular complexity index is 374. The molecule has 0 aliphatic carbocycles. The fourth-order valence-electron chi connectivity index (χ4n) is 2.53. The van der Waals surface area contributed by atoms with Gasteiger partial charge in [0.15, 0.2) is 0 Å². The number of ether oxygens (including phenoxy) is 1. The monoisotopic (exact) mass is 277 g/mol. The summed E-state index contributed by atoms with van der Waals surface area (Å²) in [5, 5.41) is 3.32. The number of likely N-dealkylation sites (N-methyl/N-ethyl adjacent to an activating group) is 1. The van der Waals surface area contributed by atoms with E-state index in [2.05, 4.69) is 41.2 Å². The van der Waals surface area contributed by atoms with Crippen molar-refractivity contribution >= 4 is 0 Å². The van der Waals surface area contributed by atoms with Crippen LogP contribution in [0.5, 0.6) is 0 Å². The van der Waals surface area contributed by atoms with E-state index in [1.165, 1.54) is 18.4 Å². The molecule has 0 aromatic carbocycles. The molecule has 4 heteroatoms. The molecule has 1 saturated heterocycles. The summed E-state index contributed by atoms with van der Waals surface area (Å²) in [6.07, 6.45) is 4.81. The molecule has 2 rings (SSSR count). The second-order valence-electron chi connectivity index (χ2n) is 5.40. The van der Waals surface area contributed by atoms with Crippen LogP contribution in [0.25, 0.3) is 0 Å². The van der Waals surface area contributed by atoms with Gasteiger partial charge in [0.1, 0.15) is 0 Å². The van der Waals surface area contributed by atoms with Gasteiger partial charge in [-0.25, -0.2) is 0 Å². The molecule has 20 heavy (non-hydrogen) atoms. The van der Waals surface area contributed by atoms with Crippen LogP contribution in [0, 0.1) is 0 Å². The van der Waals surface area contributed by atoms with Crippen LogP contribution in [0.15, 0.2) is 18.3 Å². The summed E-state index contributed by atoms with van der Waals surface area (Å²) in [5.74, 6) is 0. The van der Waals surface area contributed by atoms with Gasteiger partial charge in [0.2, 0.25) is 0 Å². The molecular formula is C16H27N3O. The third kappa shape index (κ3) is 4.85. The van der Waals surface area contributed by atoms with E-state index >= 15 is 0 Å². The maximum Gasteiger partial charge on any atom is 0.0702 e. The molecule has 0 saturated carbocycles. The standard InChI is InChI=1S/C16H27N3O/c1-3-17-10-14-7-8-15(18-11-14)12-19(4-2)13-16-6-5-9-20-16/h7-8,11,16-17H,3-6,9-10,12-13H2,1-2H3. The molecular weight excluding hydrogens is 250 g/mol. The van der Waals surface area contributed by atoms with E-state index in [0.717, 1.165) is 45.0 Å². The van der Waals surface area contributed by atoms with Crippen molar-refractivity contribution in [3.63, 3.8) is 0 Å². The molecule has 0 radical (unpaired) electrons. The molecule has 4 nitrogen and oxygen atoms in total. The van der Waals surface area contributed by atoms with Gasteiger partial charge in [0, 0.05) is 32.4 Å². The first kappa shape index (κ1) is 15.4. The van der Waals surface area contributed by atoms with Gasteiger partial charge in [-0.3, -0.25) is 9.88 Å². The van der Waals surface area contributed by atoms with Gasteiger partial charge in [-0.1, -0.05) is 19.9 Å². The number of aromatic nitrogens is 1. The van der Waals surface area contributed by atoms with Gasteiger partial charge < -0.3 is 10.1 Å². The highest BCUT2D eigenvalue weighted by molar-refractivity contribution is 5.14. The number of nitrogens with zero attached hydrogens (tertiary/aromatic N) is 2. The zero-order valence-corrected chi connectivity index (χ0v) is 12.8. The third-order valence-corrected chi connectivity index (χ3v) is 3.78. The minimum atomic E-state index is 0.419. The number of hydrogen-bond acceptors (Lipinski definition) is 4. The molecule has 1 aromatic heterocycles. The Morgan fingerprint density at radius 3 is 2.90 bits per heavy atom. The Balaban J connectivity index is 1.83. The maximum atomic E-state index is 5.72. The van der Waals surface area contributed by atoms with Gasteiger partial charge >= 0.3 is 0 Å². The van der Waals surface area contributed by atoms with E-state index in [1.807, 2.05) is 6.20 Å². The summed E-state index contributed by atoms with van der Waals surface area (Å²) in [5.41, 5.74) is 2.39. The van der Waals surface area contributed by atoms with Crippen molar-refractivity contribution in [3.8, 4) is 0 Å². The fraction of sp³-hybridized carbons (Fsp3) is 0.688. The molecule has 2 heterocycles. The maximum absolute atomic E-state index is 5.72. The fourth-order valence-corrected chi connectivity index (χ4v) is 2.53. The zero-order valence-electron chi connectivity index (χ0n) is 12.8. The quantitative estimate of drug-likeness (QED) is 0.790. The molecule has 0 bridgehead atoms. The molecule has 1 aromatic rings. The zero-order chi connectivity index (χ0) is 14.2. The van der Waals surface area contributed by atoms with Crippen molar-refractivity contribution in [2.75, 3.05) is 26.2 Å². The van der Waals surface area contributed by atoms with Crippen molar-refractivity contribution in [3.05, 3.63) is 29.6 Å². The number of rotatable bonds is 8. The minimum absolute atomic E-state index is 0.419. The molecule has 1 fully saturated rings. The van der Waals surface area contributed by atoms with Crippen molar-refractivity contribution in [2.45, 2.75) is 45.9 Å². The van der Waals surface area contributed by atoms with Gasteiger partial charge in [0.25, 0.3) is 0 Å². The SMILES string of the molecule is CCNCc1ccc(CN(CC)CC2CCCO2)nc1. The van der Waals surface area contributed by atoms with Crippen molar-refractivity contribution < 1.29 is 4.74 Å². The third-order valence-electron chi connectivity index (χ3n) is 3.78. The van der Waals surface area contributed by atoms with Crippen LogP contribution in [-0.2, 0) is 17.8 Å². The first-order chi connectivity index (χ1) is 9.81. The van der Waals surface area contributed by atoms with Crippen LogP contribution in [0.4, 0.5) is 0 Å². The summed E-state index contributed by atoms with van der Waals surface area (Å²) in [4.78, 5) is 6.99. The second-order valence-corrected chi connectivity index (χ2v) is 5.40. The Hall–Kier alpha value is -0.970. The average Bonchev–Trinajstić information content (AvgIpc) is 2.99. The topological polar surface area (TPSA) is 37.4 Å². The Labute approximate surface area is 122 Å². The van der Waals surface area contributed by atoms with Gasteiger partial charge in [-0.2, -0.15) is 0 Å². The lowest BCUT2D eigenvalue weighted by atomic mass is 10.2. The molecule has 0 amide bonds. The van der Waals surface area contributed by atoms with E-state index in [0.29, 0.717) is 6.10 Å². The van der Waals surface area contributed by atoms with E-state index in [-0.39, 0.29) is 0 Å². The summed E-state index contributed by atoms with van der Waals surface area (Å²) in [6, 6.07) is 4.32. The summed E-state index contributed by atoms with van der Waals surface area (Å²) >= 11 is 0. The molecule has 1 N–H and O–H groups in total. The Kier molecular flexibility index (Phi) is 6.43. The van der Waals surface area contributed by atoms with E-state index < -0.39 is 0 Å². The number of nitrogens with one attached hydrogen (secondary N) is 1. The van der Waals surface area contributed by atoms with Gasteiger partial charge in [-0.15, -0.1) is 0 Å². The Morgan fingerprint density at radius 1 is 1.40 bits per heavy atom. The highest BCUT2D eigenvalue weighted by atomic mass is 16.5. The number of pyridine rings is 1. The van der Waals surface area contributed by atoms with Crippen LogP contribution >= 0.6 is 0 Å². The second kappa shape index (κ2) is 8.35.